The first-order valence-corrected chi connectivity index (χ1v) is 9.98. The molecule has 1 atom stereocenters. The van der Waals surface area contributed by atoms with Gasteiger partial charge in [-0.25, -0.2) is 4.39 Å². The molecule has 0 aliphatic heterocycles. The van der Waals surface area contributed by atoms with Crippen LogP contribution in [0.2, 0.25) is 10.0 Å². The normalized spacial score (nSPS) is 11.9. The highest BCUT2D eigenvalue weighted by Gasteiger charge is 2.16. The summed E-state index contributed by atoms with van der Waals surface area (Å²) in [6.07, 6.45) is 3.26. The minimum atomic E-state index is -0.528. The molecule has 0 amide bonds. The zero-order chi connectivity index (χ0) is 22.1. The van der Waals surface area contributed by atoms with Gasteiger partial charge in [-0.3, -0.25) is 9.67 Å². The Morgan fingerprint density at radius 2 is 1.94 bits per heavy atom. The molecule has 2 aromatic heterocycles. The summed E-state index contributed by atoms with van der Waals surface area (Å²) in [5.41, 5.74) is 3.33. The van der Waals surface area contributed by atoms with E-state index in [1.165, 1.54) is 24.4 Å². The second-order valence-electron chi connectivity index (χ2n) is 6.95. The number of pyridine rings is 1. The molecule has 0 bridgehead atoms. The highest BCUT2D eigenvalue weighted by molar-refractivity contribution is 6.36. The van der Waals surface area contributed by atoms with Crippen molar-refractivity contribution in [3.63, 3.8) is 0 Å². The molecule has 0 radical (unpaired) electrons. The summed E-state index contributed by atoms with van der Waals surface area (Å²) in [6.45, 7) is 1.95. The lowest BCUT2D eigenvalue weighted by Crippen LogP contribution is -2.07. The van der Waals surface area contributed by atoms with Crippen LogP contribution >= 0.6 is 23.2 Å². The minimum absolute atomic E-state index is 0.0277. The SMILES string of the molecule is CC(Nc1cc(Cl)c2ncc(C#N)c(Nc3ccc(F)c(Cl)c3)c2c1)c1cn(C)nn1. The first kappa shape index (κ1) is 20.8. The number of hydrogen-bond donors (Lipinski definition) is 2. The number of rotatable bonds is 5. The van der Waals surface area contributed by atoms with Crippen LogP contribution in [0.1, 0.15) is 24.2 Å². The van der Waals surface area contributed by atoms with Crippen LogP contribution in [0.4, 0.5) is 21.5 Å². The molecule has 2 heterocycles. The number of benzene rings is 2. The second-order valence-corrected chi connectivity index (χ2v) is 7.76. The van der Waals surface area contributed by atoms with Crippen LogP contribution in [0.25, 0.3) is 10.9 Å². The molecule has 0 aliphatic carbocycles. The van der Waals surface area contributed by atoms with E-state index in [1.807, 2.05) is 19.2 Å². The quantitative estimate of drug-likeness (QED) is 0.407. The Morgan fingerprint density at radius 1 is 1.16 bits per heavy atom. The molecule has 31 heavy (non-hydrogen) atoms. The Labute approximate surface area is 187 Å². The van der Waals surface area contributed by atoms with Gasteiger partial charge in [0.15, 0.2) is 0 Å². The van der Waals surface area contributed by atoms with Gasteiger partial charge >= 0.3 is 0 Å². The zero-order valence-electron chi connectivity index (χ0n) is 16.5. The molecule has 0 saturated carbocycles. The highest BCUT2D eigenvalue weighted by atomic mass is 35.5. The Bertz CT molecular complexity index is 1330. The van der Waals surface area contributed by atoms with Crippen molar-refractivity contribution in [1.82, 2.24) is 20.0 Å². The van der Waals surface area contributed by atoms with E-state index >= 15 is 0 Å². The van der Waals surface area contributed by atoms with Crippen LogP contribution in [0.3, 0.4) is 0 Å². The third-order valence-corrected chi connectivity index (χ3v) is 5.26. The summed E-state index contributed by atoms with van der Waals surface area (Å²) in [5, 5.41) is 25.2. The highest BCUT2D eigenvalue weighted by Crippen LogP contribution is 2.36. The number of halogens is 3. The predicted octanol–water partition coefficient (Wildman–Crippen LogP) is 5.60. The fraction of sp³-hybridized carbons (Fsp3) is 0.143. The van der Waals surface area contributed by atoms with Gasteiger partial charge < -0.3 is 10.6 Å². The summed E-state index contributed by atoms with van der Waals surface area (Å²) in [6, 6.07) is 9.83. The smallest absolute Gasteiger partial charge is 0.141 e. The molecule has 2 N–H and O–H groups in total. The molecule has 156 valence electrons. The lowest BCUT2D eigenvalue weighted by Gasteiger charge is -2.16. The number of nitrogens with one attached hydrogen (secondary N) is 2. The van der Waals surface area contributed by atoms with Crippen LogP contribution in [-0.2, 0) is 7.05 Å². The maximum absolute atomic E-state index is 13.5. The molecule has 2 aromatic carbocycles. The van der Waals surface area contributed by atoms with Gasteiger partial charge in [-0.1, -0.05) is 28.4 Å². The van der Waals surface area contributed by atoms with Crippen molar-refractivity contribution in [3.8, 4) is 6.07 Å². The maximum Gasteiger partial charge on any atom is 0.141 e. The van der Waals surface area contributed by atoms with E-state index in [2.05, 4.69) is 32.0 Å². The average molecular weight is 456 g/mol. The van der Waals surface area contributed by atoms with E-state index in [4.69, 9.17) is 23.2 Å². The van der Waals surface area contributed by atoms with Crippen molar-refractivity contribution in [1.29, 1.82) is 5.26 Å². The fourth-order valence-corrected chi connectivity index (χ4v) is 3.62. The second kappa shape index (κ2) is 8.38. The fourth-order valence-electron chi connectivity index (χ4n) is 3.17. The van der Waals surface area contributed by atoms with Gasteiger partial charge in [0.25, 0.3) is 0 Å². The molecule has 10 heteroatoms. The summed E-state index contributed by atoms with van der Waals surface area (Å²) < 4.78 is 15.2. The van der Waals surface area contributed by atoms with Crippen molar-refractivity contribution in [2.45, 2.75) is 13.0 Å². The zero-order valence-corrected chi connectivity index (χ0v) is 18.0. The van der Waals surface area contributed by atoms with Crippen molar-refractivity contribution >= 4 is 51.2 Å². The Balaban J connectivity index is 1.78. The van der Waals surface area contributed by atoms with E-state index in [-0.39, 0.29) is 11.1 Å². The van der Waals surface area contributed by atoms with Gasteiger partial charge in [-0.15, -0.1) is 5.10 Å². The summed E-state index contributed by atoms with van der Waals surface area (Å²) in [7, 11) is 1.80. The third kappa shape index (κ3) is 4.24. The van der Waals surface area contributed by atoms with E-state index in [0.717, 1.165) is 5.69 Å². The van der Waals surface area contributed by atoms with E-state index in [0.29, 0.717) is 38.6 Å². The Morgan fingerprint density at radius 3 is 2.61 bits per heavy atom. The monoisotopic (exact) mass is 455 g/mol. The lowest BCUT2D eigenvalue weighted by atomic mass is 10.1. The summed E-state index contributed by atoms with van der Waals surface area (Å²) >= 11 is 12.4. The van der Waals surface area contributed by atoms with Gasteiger partial charge in [0.05, 0.1) is 39.1 Å². The Hall–Kier alpha value is -3.41. The topological polar surface area (TPSA) is 91.5 Å². The molecular weight excluding hydrogens is 440 g/mol. The number of aryl methyl sites for hydroxylation is 1. The van der Waals surface area contributed by atoms with Crippen molar-refractivity contribution < 1.29 is 4.39 Å². The molecule has 0 aliphatic rings. The number of aromatic nitrogens is 4. The third-order valence-electron chi connectivity index (χ3n) is 4.68. The summed E-state index contributed by atoms with van der Waals surface area (Å²) in [5.74, 6) is -0.528. The number of nitriles is 1. The van der Waals surface area contributed by atoms with Crippen LogP contribution in [0, 0.1) is 17.1 Å². The molecule has 0 fully saturated rings. The standard InChI is InChI=1S/C21H16Cl2FN7/c1-11(19-10-31(2)30-29-19)27-14-5-15-20(28-13-3-4-18(24)16(22)6-13)12(8-25)9-26-21(15)17(23)7-14/h3-7,9-11,27H,1-2H3,(H,26,28). The number of hydrogen-bond acceptors (Lipinski definition) is 6. The first-order valence-electron chi connectivity index (χ1n) is 9.23. The van der Waals surface area contributed by atoms with Gasteiger partial charge in [0.2, 0.25) is 0 Å². The van der Waals surface area contributed by atoms with Crippen LogP contribution < -0.4 is 10.6 Å². The minimum Gasteiger partial charge on any atom is -0.377 e. The molecule has 1 unspecified atom stereocenters. The van der Waals surface area contributed by atoms with Crippen LogP contribution in [0.5, 0.6) is 0 Å². The van der Waals surface area contributed by atoms with Gasteiger partial charge in [0, 0.05) is 30.0 Å². The van der Waals surface area contributed by atoms with E-state index in [9.17, 15) is 9.65 Å². The predicted molar refractivity (Wildman–Crippen MR) is 119 cm³/mol. The molecular formula is C21H16Cl2FN7. The molecule has 0 spiro atoms. The van der Waals surface area contributed by atoms with E-state index in [1.54, 1.807) is 17.8 Å². The van der Waals surface area contributed by atoms with Crippen molar-refractivity contribution in [3.05, 3.63) is 69.8 Å². The van der Waals surface area contributed by atoms with Crippen molar-refractivity contribution in [2.75, 3.05) is 10.6 Å². The van der Waals surface area contributed by atoms with Crippen LogP contribution in [-0.4, -0.2) is 20.0 Å². The van der Waals surface area contributed by atoms with E-state index < -0.39 is 5.82 Å². The molecule has 4 rings (SSSR count). The van der Waals surface area contributed by atoms with Gasteiger partial charge in [-0.2, -0.15) is 5.26 Å². The summed E-state index contributed by atoms with van der Waals surface area (Å²) in [4.78, 5) is 4.33. The van der Waals surface area contributed by atoms with Crippen LogP contribution in [0.15, 0.2) is 42.7 Å². The number of fused-ring (bicyclic) bond motifs is 1. The van der Waals surface area contributed by atoms with Gasteiger partial charge in [0.1, 0.15) is 17.6 Å². The Kier molecular flexibility index (Phi) is 5.63. The largest absolute Gasteiger partial charge is 0.377 e. The maximum atomic E-state index is 13.5. The number of nitrogens with zero attached hydrogens (tertiary/aromatic N) is 5. The number of anilines is 3. The molecule has 0 saturated heterocycles. The average Bonchev–Trinajstić information content (AvgIpc) is 3.18. The van der Waals surface area contributed by atoms with Crippen molar-refractivity contribution in [2.24, 2.45) is 7.05 Å². The lowest BCUT2D eigenvalue weighted by molar-refractivity contribution is 0.628. The first-order chi connectivity index (χ1) is 14.9. The van der Waals surface area contributed by atoms with Gasteiger partial charge in [-0.05, 0) is 37.3 Å². The molecule has 4 aromatic rings. The molecule has 7 nitrogen and oxygen atoms in total.